The minimum absolute atomic E-state index is 0.0589. The predicted octanol–water partition coefficient (Wildman–Crippen LogP) is 4.53. The molecule has 0 aliphatic carbocycles. The molecule has 1 heterocycles. The van der Waals surface area contributed by atoms with Gasteiger partial charge in [0.15, 0.2) is 0 Å². The Hall–Kier alpha value is -1.28. The standard InChI is InChI=1S/C17H25NO/c1-5-6-7-12-8-9-14-13(10-12)16(17(2,3)4)15(11-18)19-14/h8-10H,5-7,11,18H2,1-4H3. The second kappa shape index (κ2) is 5.38. The average Bonchev–Trinajstić information content (AvgIpc) is 2.73. The van der Waals surface area contributed by atoms with Gasteiger partial charge in [0, 0.05) is 10.9 Å². The van der Waals surface area contributed by atoms with Crippen LogP contribution < -0.4 is 5.73 Å². The summed E-state index contributed by atoms with van der Waals surface area (Å²) in [4.78, 5) is 0. The number of furan rings is 1. The molecule has 0 saturated carbocycles. The first kappa shape index (κ1) is 14.1. The van der Waals surface area contributed by atoms with Gasteiger partial charge in [-0.25, -0.2) is 0 Å². The van der Waals surface area contributed by atoms with E-state index in [1.54, 1.807) is 0 Å². The van der Waals surface area contributed by atoms with Gasteiger partial charge in [0.05, 0.1) is 6.54 Å². The molecule has 0 aliphatic heterocycles. The van der Waals surface area contributed by atoms with Crippen molar-refractivity contribution in [2.45, 2.75) is 58.9 Å². The molecular formula is C17H25NO. The number of rotatable bonds is 4. The molecule has 2 rings (SSSR count). The van der Waals surface area contributed by atoms with Crippen LogP contribution in [0.25, 0.3) is 11.0 Å². The van der Waals surface area contributed by atoms with E-state index < -0.39 is 0 Å². The van der Waals surface area contributed by atoms with Crippen molar-refractivity contribution in [1.29, 1.82) is 0 Å². The smallest absolute Gasteiger partial charge is 0.134 e. The van der Waals surface area contributed by atoms with Crippen LogP contribution in [0.3, 0.4) is 0 Å². The van der Waals surface area contributed by atoms with Gasteiger partial charge in [0.1, 0.15) is 11.3 Å². The van der Waals surface area contributed by atoms with Crippen LogP contribution in [-0.4, -0.2) is 0 Å². The van der Waals surface area contributed by atoms with Crippen molar-refractivity contribution in [2.24, 2.45) is 5.73 Å². The molecule has 2 heteroatoms. The fraction of sp³-hybridized carbons (Fsp3) is 0.529. The SMILES string of the molecule is CCCCc1ccc2oc(CN)c(C(C)(C)C)c2c1. The third-order valence-corrected chi connectivity index (χ3v) is 3.58. The average molecular weight is 259 g/mol. The minimum Gasteiger partial charge on any atom is -0.459 e. The fourth-order valence-corrected chi connectivity index (χ4v) is 2.70. The highest BCUT2D eigenvalue weighted by molar-refractivity contribution is 5.84. The van der Waals surface area contributed by atoms with Gasteiger partial charge < -0.3 is 10.2 Å². The van der Waals surface area contributed by atoms with Gasteiger partial charge in [-0.1, -0.05) is 40.2 Å². The van der Waals surface area contributed by atoms with Crippen molar-refractivity contribution in [2.75, 3.05) is 0 Å². The summed E-state index contributed by atoms with van der Waals surface area (Å²) in [5, 5.41) is 1.24. The zero-order valence-electron chi connectivity index (χ0n) is 12.5. The van der Waals surface area contributed by atoms with Crippen molar-refractivity contribution in [1.82, 2.24) is 0 Å². The summed E-state index contributed by atoms with van der Waals surface area (Å²) in [6.45, 7) is 9.34. The molecule has 1 aromatic carbocycles. The first-order valence-corrected chi connectivity index (χ1v) is 7.22. The quantitative estimate of drug-likeness (QED) is 0.876. The van der Waals surface area contributed by atoms with Gasteiger partial charge in [-0.3, -0.25) is 0 Å². The van der Waals surface area contributed by atoms with Gasteiger partial charge in [-0.05, 0) is 36.0 Å². The molecular weight excluding hydrogens is 234 g/mol. The summed E-state index contributed by atoms with van der Waals surface area (Å²) in [5.41, 5.74) is 9.52. The first-order chi connectivity index (χ1) is 8.97. The molecule has 0 fully saturated rings. The number of nitrogens with two attached hydrogens (primary N) is 1. The normalized spacial score (nSPS) is 12.3. The summed E-state index contributed by atoms with van der Waals surface area (Å²) < 4.78 is 5.91. The Kier molecular flexibility index (Phi) is 4.00. The molecule has 2 N–H and O–H groups in total. The van der Waals surface area contributed by atoms with Crippen LogP contribution in [0.4, 0.5) is 0 Å². The molecule has 2 aromatic rings. The van der Waals surface area contributed by atoms with E-state index in [2.05, 4.69) is 45.9 Å². The molecule has 0 spiro atoms. The number of unbranched alkanes of at least 4 members (excludes halogenated alkanes) is 1. The number of aryl methyl sites for hydroxylation is 1. The van der Waals surface area contributed by atoms with E-state index in [9.17, 15) is 0 Å². The Labute approximate surface area is 116 Å². The highest BCUT2D eigenvalue weighted by Crippen LogP contribution is 2.36. The van der Waals surface area contributed by atoms with Gasteiger partial charge in [-0.15, -0.1) is 0 Å². The highest BCUT2D eigenvalue weighted by atomic mass is 16.3. The van der Waals surface area contributed by atoms with E-state index in [0.29, 0.717) is 6.54 Å². The lowest BCUT2D eigenvalue weighted by Gasteiger charge is -2.19. The largest absolute Gasteiger partial charge is 0.459 e. The summed E-state index contributed by atoms with van der Waals surface area (Å²) in [6.07, 6.45) is 3.60. The van der Waals surface area contributed by atoms with Crippen LogP contribution in [0.1, 0.15) is 57.4 Å². The van der Waals surface area contributed by atoms with Crippen molar-refractivity contribution < 1.29 is 4.42 Å². The monoisotopic (exact) mass is 259 g/mol. The van der Waals surface area contributed by atoms with E-state index in [1.165, 1.54) is 29.4 Å². The number of benzene rings is 1. The highest BCUT2D eigenvalue weighted by Gasteiger charge is 2.24. The molecule has 0 aliphatic rings. The zero-order valence-corrected chi connectivity index (χ0v) is 12.5. The van der Waals surface area contributed by atoms with Crippen LogP contribution in [0.15, 0.2) is 22.6 Å². The number of fused-ring (bicyclic) bond motifs is 1. The molecule has 0 bridgehead atoms. The summed E-state index contributed by atoms with van der Waals surface area (Å²) >= 11 is 0. The molecule has 1 aromatic heterocycles. The summed E-state index contributed by atoms with van der Waals surface area (Å²) in [7, 11) is 0. The summed E-state index contributed by atoms with van der Waals surface area (Å²) in [6, 6.07) is 6.55. The van der Waals surface area contributed by atoms with Crippen LogP contribution in [0.5, 0.6) is 0 Å². The minimum atomic E-state index is 0.0589. The van der Waals surface area contributed by atoms with Crippen LogP contribution in [0, 0.1) is 0 Å². The summed E-state index contributed by atoms with van der Waals surface area (Å²) in [5.74, 6) is 0.926. The van der Waals surface area contributed by atoms with Crippen LogP contribution in [0.2, 0.25) is 0 Å². The van der Waals surface area contributed by atoms with E-state index >= 15 is 0 Å². The molecule has 0 saturated heterocycles. The van der Waals surface area contributed by atoms with E-state index in [1.807, 2.05) is 0 Å². The molecule has 0 radical (unpaired) electrons. The second-order valence-electron chi connectivity index (χ2n) is 6.29. The van der Waals surface area contributed by atoms with Crippen molar-refractivity contribution in [3.8, 4) is 0 Å². The van der Waals surface area contributed by atoms with Gasteiger partial charge in [-0.2, -0.15) is 0 Å². The third kappa shape index (κ3) is 2.84. The Bertz CT molecular complexity index is 560. The molecule has 19 heavy (non-hydrogen) atoms. The third-order valence-electron chi connectivity index (χ3n) is 3.58. The van der Waals surface area contributed by atoms with E-state index in [-0.39, 0.29) is 5.41 Å². The van der Waals surface area contributed by atoms with Crippen molar-refractivity contribution >= 4 is 11.0 Å². The number of hydrogen-bond acceptors (Lipinski definition) is 2. The zero-order chi connectivity index (χ0) is 14.0. The molecule has 0 amide bonds. The van der Waals surface area contributed by atoms with Crippen molar-refractivity contribution in [3.63, 3.8) is 0 Å². The van der Waals surface area contributed by atoms with E-state index in [0.717, 1.165) is 17.8 Å². The topological polar surface area (TPSA) is 39.2 Å². The fourth-order valence-electron chi connectivity index (χ4n) is 2.70. The Morgan fingerprint density at radius 1 is 1.21 bits per heavy atom. The molecule has 2 nitrogen and oxygen atoms in total. The van der Waals surface area contributed by atoms with Crippen LogP contribution >= 0.6 is 0 Å². The molecule has 0 atom stereocenters. The Morgan fingerprint density at radius 2 is 1.95 bits per heavy atom. The van der Waals surface area contributed by atoms with Crippen LogP contribution in [-0.2, 0) is 18.4 Å². The van der Waals surface area contributed by atoms with E-state index in [4.69, 9.17) is 10.2 Å². The first-order valence-electron chi connectivity index (χ1n) is 7.22. The van der Waals surface area contributed by atoms with Gasteiger partial charge in [0.2, 0.25) is 0 Å². The maximum atomic E-state index is 5.91. The Morgan fingerprint density at radius 3 is 2.53 bits per heavy atom. The van der Waals surface area contributed by atoms with Crippen molar-refractivity contribution in [3.05, 3.63) is 35.1 Å². The number of hydrogen-bond donors (Lipinski definition) is 1. The maximum Gasteiger partial charge on any atom is 0.134 e. The second-order valence-corrected chi connectivity index (χ2v) is 6.29. The molecule has 0 unspecified atom stereocenters. The lowest BCUT2D eigenvalue weighted by molar-refractivity contribution is 0.511. The van der Waals surface area contributed by atoms with Gasteiger partial charge in [0.25, 0.3) is 0 Å². The maximum absolute atomic E-state index is 5.91. The predicted molar refractivity (Wildman–Crippen MR) is 81.4 cm³/mol. The lowest BCUT2D eigenvalue weighted by atomic mass is 9.84. The molecule has 104 valence electrons. The van der Waals surface area contributed by atoms with Gasteiger partial charge >= 0.3 is 0 Å². The lowest BCUT2D eigenvalue weighted by Crippen LogP contribution is -2.14. The Balaban J connectivity index is 2.56.